The zero-order chi connectivity index (χ0) is 13.1. The van der Waals surface area contributed by atoms with Crippen LogP contribution in [0, 0.1) is 28.5 Å². The fourth-order valence-electron chi connectivity index (χ4n) is 1.13. The lowest BCUT2D eigenvalue weighted by atomic mass is 10.2. The van der Waals surface area contributed by atoms with E-state index in [9.17, 15) is 12.8 Å². The van der Waals surface area contributed by atoms with Crippen molar-refractivity contribution in [1.82, 2.24) is 4.31 Å². The van der Waals surface area contributed by atoms with Crippen LogP contribution in [0.3, 0.4) is 0 Å². The summed E-state index contributed by atoms with van der Waals surface area (Å²) in [6.07, 6.45) is 0. The summed E-state index contributed by atoms with van der Waals surface area (Å²) in [5.41, 5.74) is 0.0318. The van der Waals surface area contributed by atoms with Crippen LogP contribution >= 0.6 is 0 Å². The minimum absolute atomic E-state index is 0.0318. The molecule has 1 rings (SSSR count). The number of nitriles is 2. The van der Waals surface area contributed by atoms with E-state index in [0.717, 1.165) is 16.4 Å². The predicted molar refractivity (Wildman–Crippen MR) is 56.5 cm³/mol. The molecule has 1 aromatic rings. The lowest BCUT2D eigenvalue weighted by Crippen LogP contribution is -2.28. The second kappa shape index (κ2) is 4.91. The largest absolute Gasteiger partial charge is 0.246 e. The second-order valence-corrected chi connectivity index (χ2v) is 5.19. The Labute approximate surface area is 98.4 Å². The molecule has 5 nitrogen and oxygen atoms in total. The Morgan fingerprint density at radius 3 is 2.53 bits per heavy atom. The van der Waals surface area contributed by atoms with Crippen molar-refractivity contribution in [1.29, 1.82) is 10.5 Å². The summed E-state index contributed by atoms with van der Waals surface area (Å²) in [6, 6.07) is 6.41. The minimum atomic E-state index is -4.03. The lowest BCUT2D eigenvalue weighted by molar-refractivity contribution is 0.491. The molecule has 88 valence electrons. The number of halogens is 1. The van der Waals surface area contributed by atoms with E-state index in [1.54, 1.807) is 12.1 Å². The predicted octanol–water partition coefficient (Wildman–Crippen LogP) is 0.841. The molecular weight excluding hydrogens is 245 g/mol. The normalized spacial score (nSPS) is 10.9. The molecule has 0 aromatic heterocycles. The van der Waals surface area contributed by atoms with Gasteiger partial charge in [-0.3, -0.25) is 0 Å². The number of benzene rings is 1. The average Bonchev–Trinajstić information content (AvgIpc) is 2.28. The van der Waals surface area contributed by atoms with Gasteiger partial charge in [0.1, 0.15) is 17.3 Å². The van der Waals surface area contributed by atoms with E-state index in [0.29, 0.717) is 0 Å². The first-order chi connectivity index (χ1) is 7.93. The maximum atomic E-state index is 13.5. The van der Waals surface area contributed by atoms with Crippen molar-refractivity contribution < 1.29 is 12.8 Å². The lowest BCUT2D eigenvalue weighted by Gasteiger charge is -2.13. The maximum Gasteiger partial charge on any atom is 0.246 e. The van der Waals surface area contributed by atoms with E-state index in [1.807, 2.05) is 0 Å². The van der Waals surface area contributed by atoms with Gasteiger partial charge >= 0.3 is 0 Å². The van der Waals surface area contributed by atoms with E-state index in [4.69, 9.17) is 10.5 Å². The maximum absolute atomic E-state index is 13.5. The number of sulfonamides is 1. The van der Waals surface area contributed by atoms with E-state index in [1.165, 1.54) is 13.1 Å². The van der Waals surface area contributed by atoms with Crippen LogP contribution in [0.1, 0.15) is 5.56 Å². The fourth-order valence-corrected chi connectivity index (χ4v) is 2.24. The molecule has 0 N–H and O–H groups in total. The monoisotopic (exact) mass is 253 g/mol. The van der Waals surface area contributed by atoms with Crippen LogP contribution in [0.4, 0.5) is 4.39 Å². The number of hydrogen-bond donors (Lipinski definition) is 0. The zero-order valence-corrected chi connectivity index (χ0v) is 9.70. The van der Waals surface area contributed by atoms with Crippen molar-refractivity contribution in [3.63, 3.8) is 0 Å². The molecule has 0 aliphatic heterocycles. The molecule has 0 bridgehead atoms. The highest BCUT2D eigenvalue weighted by molar-refractivity contribution is 7.89. The summed E-state index contributed by atoms with van der Waals surface area (Å²) in [5, 5.41) is 16.9. The van der Waals surface area contributed by atoms with Gasteiger partial charge in [-0.2, -0.15) is 14.8 Å². The third-order valence-corrected chi connectivity index (χ3v) is 3.88. The molecule has 0 saturated carbocycles. The minimum Gasteiger partial charge on any atom is -0.207 e. The van der Waals surface area contributed by atoms with E-state index >= 15 is 0 Å². The Kier molecular flexibility index (Phi) is 3.79. The number of nitrogens with zero attached hydrogens (tertiary/aromatic N) is 3. The highest BCUT2D eigenvalue weighted by atomic mass is 32.2. The van der Waals surface area contributed by atoms with Crippen molar-refractivity contribution in [2.45, 2.75) is 4.90 Å². The Bertz CT molecular complexity index is 613. The summed E-state index contributed by atoms with van der Waals surface area (Å²) >= 11 is 0. The van der Waals surface area contributed by atoms with Crippen molar-refractivity contribution >= 4 is 10.0 Å². The van der Waals surface area contributed by atoms with Gasteiger partial charge in [-0.15, -0.1) is 0 Å². The van der Waals surface area contributed by atoms with Crippen molar-refractivity contribution in [2.75, 3.05) is 13.6 Å². The van der Waals surface area contributed by atoms with Gasteiger partial charge in [-0.1, -0.05) is 0 Å². The second-order valence-electron chi connectivity index (χ2n) is 3.18. The van der Waals surface area contributed by atoms with Gasteiger partial charge < -0.3 is 0 Å². The van der Waals surface area contributed by atoms with Gasteiger partial charge in [0.15, 0.2) is 0 Å². The SMILES string of the molecule is CN(CC#N)S(=O)(=O)c1ccc(C#N)cc1F. The van der Waals surface area contributed by atoms with Gasteiger partial charge in [0.2, 0.25) is 10.0 Å². The molecule has 0 atom stereocenters. The van der Waals surface area contributed by atoms with Gasteiger partial charge in [0.25, 0.3) is 0 Å². The standard InChI is InChI=1S/C10H8FN3O2S/c1-14(5-4-12)17(15,16)10-3-2-8(7-13)6-9(10)11/h2-3,6H,5H2,1H3. The third kappa shape index (κ3) is 2.59. The van der Waals surface area contributed by atoms with Crippen LogP contribution in [0.25, 0.3) is 0 Å². The summed E-state index contributed by atoms with van der Waals surface area (Å²) in [6.45, 7) is -0.373. The van der Waals surface area contributed by atoms with Gasteiger partial charge in [-0.25, -0.2) is 12.8 Å². The summed E-state index contributed by atoms with van der Waals surface area (Å²) in [7, 11) is -2.85. The van der Waals surface area contributed by atoms with Crippen LogP contribution in [-0.2, 0) is 10.0 Å². The van der Waals surface area contributed by atoms with Gasteiger partial charge in [-0.05, 0) is 18.2 Å². The molecule has 17 heavy (non-hydrogen) atoms. The Morgan fingerprint density at radius 2 is 2.06 bits per heavy atom. The highest BCUT2D eigenvalue weighted by Crippen LogP contribution is 2.19. The molecule has 1 aromatic carbocycles. The quantitative estimate of drug-likeness (QED) is 0.747. The van der Waals surface area contributed by atoms with Crippen LogP contribution in [-0.4, -0.2) is 26.3 Å². The Hall–Kier alpha value is -1.96. The van der Waals surface area contributed by atoms with Gasteiger partial charge in [0, 0.05) is 7.05 Å². The van der Waals surface area contributed by atoms with E-state index in [2.05, 4.69) is 0 Å². The van der Waals surface area contributed by atoms with Crippen LogP contribution < -0.4 is 0 Å². The number of hydrogen-bond acceptors (Lipinski definition) is 4. The molecule has 0 fully saturated rings. The molecule has 0 saturated heterocycles. The molecule has 0 radical (unpaired) electrons. The van der Waals surface area contributed by atoms with Crippen LogP contribution in [0.2, 0.25) is 0 Å². The van der Waals surface area contributed by atoms with Crippen LogP contribution in [0.15, 0.2) is 23.1 Å². The van der Waals surface area contributed by atoms with Crippen molar-refractivity contribution in [3.8, 4) is 12.1 Å². The topological polar surface area (TPSA) is 85.0 Å². The fraction of sp³-hybridized carbons (Fsp3) is 0.200. The molecule has 0 unspecified atom stereocenters. The Balaban J connectivity index is 3.27. The first-order valence-corrected chi connectivity index (χ1v) is 5.90. The Morgan fingerprint density at radius 1 is 1.41 bits per heavy atom. The number of rotatable bonds is 3. The van der Waals surface area contributed by atoms with Crippen molar-refractivity contribution in [2.24, 2.45) is 0 Å². The van der Waals surface area contributed by atoms with Crippen LogP contribution in [0.5, 0.6) is 0 Å². The van der Waals surface area contributed by atoms with Gasteiger partial charge in [0.05, 0.1) is 17.7 Å². The molecule has 0 aliphatic rings. The molecule has 0 spiro atoms. The summed E-state index contributed by atoms with van der Waals surface area (Å²) in [5.74, 6) is -1.01. The molecule has 0 heterocycles. The van der Waals surface area contributed by atoms with Crippen molar-refractivity contribution in [3.05, 3.63) is 29.6 Å². The van der Waals surface area contributed by atoms with E-state index < -0.39 is 20.7 Å². The smallest absolute Gasteiger partial charge is 0.207 e. The first kappa shape index (κ1) is 13.1. The third-order valence-electron chi connectivity index (χ3n) is 2.04. The average molecular weight is 253 g/mol. The summed E-state index contributed by atoms with van der Waals surface area (Å²) < 4.78 is 37.8. The highest BCUT2D eigenvalue weighted by Gasteiger charge is 2.24. The molecule has 0 aliphatic carbocycles. The van der Waals surface area contributed by atoms with E-state index in [-0.39, 0.29) is 12.1 Å². The molecule has 0 amide bonds. The zero-order valence-electron chi connectivity index (χ0n) is 8.88. The first-order valence-electron chi connectivity index (χ1n) is 4.46. The summed E-state index contributed by atoms with van der Waals surface area (Å²) in [4.78, 5) is -0.547. The molecule has 7 heteroatoms. The molecular formula is C10H8FN3O2S.